The number of hydrogen-bond donors (Lipinski definition) is 1. The van der Waals surface area contributed by atoms with Gasteiger partial charge in [0.2, 0.25) is 0 Å². The molecule has 0 unspecified atom stereocenters. The van der Waals surface area contributed by atoms with E-state index < -0.39 is 0 Å². The van der Waals surface area contributed by atoms with Crippen molar-refractivity contribution in [2.24, 2.45) is 0 Å². The zero-order valence-corrected chi connectivity index (χ0v) is 11.5. The van der Waals surface area contributed by atoms with Crippen molar-refractivity contribution in [2.45, 2.75) is 32.4 Å². The third-order valence-electron chi connectivity index (χ3n) is 3.49. The Kier molecular flexibility index (Phi) is 5.21. The molecular weight excluding hydrogens is 240 g/mol. The summed E-state index contributed by atoms with van der Waals surface area (Å²) in [6, 6.07) is 9.95. The molecule has 0 radical (unpaired) electrons. The largest absolute Gasteiger partial charge is 0.445 e. The molecule has 1 aliphatic rings. The highest BCUT2D eigenvalue weighted by atomic mass is 16.5. The van der Waals surface area contributed by atoms with E-state index in [0.29, 0.717) is 6.61 Å². The van der Waals surface area contributed by atoms with Crippen molar-refractivity contribution < 1.29 is 9.53 Å². The minimum absolute atomic E-state index is 0.219. The van der Waals surface area contributed by atoms with Crippen LogP contribution < -0.4 is 5.32 Å². The zero-order chi connectivity index (χ0) is 13.5. The Morgan fingerprint density at radius 2 is 2.21 bits per heavy atom. The van der Waals surface area contributed by atoms with Gasteiger partial charge in [-0.1, -0.05) is 37.3 Å². The number of benzene rings is 1. The van der Waals surface area contributed by atoms with E-state index in [4.69, 9.17) is 4.74 Å². The summed E-state index contributed by atoms with van der Waals surface area (Å²) in [6.45, 7) is 5.58. The van der Waals surface area contributed by atoms with Gasteiger partial charge in [-0.3, -0.25) is 0 Å². The van der Waals surface area contributed by atoms with Gasteiger partial charge in [-0.15, -0.1) is 0 Å². The van der Waals surface area contributed by atoms with Gasteiger partial charge in [0.05, 0.1) is 0 Å². The second-order valence-electron chi connectivity index (χ2n) is 4.94. The number of carbonyl (C=O) groups excluding carboxylic acids is 1. The van der Waals surface area contributed by atoms with E-state index in [9.17, 15) is 4.79 Å². The molecule has 2 rings (SSSR count). The molecule has 1 fully saturated rings. The fourth-order valence-corrected chi connectivity index (χ4v) is 2.39. The first-order valence-corrected chi connectivity index (χ1v) is 6.97. The third-order valence-corrected chi connectivity index (χ3v) is 3.49. The lowest BCUT2D eigenvalue weighted by atomic mass is 10.1. The first-order chi connectivity index (χ1) is 9.28. The topological polar surface area (TPSA) is 41.6 Å². The predicted octanol–water partition coefficient (Wildman–Crippen LogP) is 2.40. The van der Waals surface area contributed by atoms with Gasteiger partial charge in [0, 0.05) is 12.6 Å². The van der Waals surface area contributed by atoms with Crippen molar-refractivity contribution in [2.75, 3.05) is 19.6 Å². The molecule has 1 aromatic carbocycles. The number of ether oxygens (including phenoxy) is 1. The van der Waals surface area contributed by atoms with Gasteiger partial charge in [-0.25, -0.2) is 4.79 Å². The van der Waals surface area contributed by atoms with Gasteiger partial charge in [0.1, 0.15) is 6.61 Å². The van der Waals surface area contributed by atoms with Crippen LogP contribution in [0, 0.1) is 0 Å². The number of amides is 1. The van der Waals surface area contributed by atoms with Crippen LogP contribution in [0.2, 0.25) is 0 Å². The molecule has 0 aromatic heterocycles. The molecule has 1 atom stereocenters. The molecule has 4 nitrogen and oxygen atoms in total. The standard InChI is InChI=1S/C15H22N2O2/c1-2-17-10-6-9-14(11-17)16-15(18)19-12-13-7-4-3-5-8-13/h3-5,7-8,14H,2,6,9-12H2,1H3,(H,16,18)/t14-/m1/s1. The van der Waals surface area contributed by atoms with Crippen LogP contribution in [0.5, 0.6) is 0 Å². The molecule has 1 aromatic rings. The summed E-state index contributed by atoms with van der Waals surface area (Å²) in [7, 11) is 0. The lowest BCUT2D eigenvalue weighted by molar-refractivity contribution is 0.125. The molecule has 0 bridgehead atoms. The second-order valence-corrected chi connectivity index (χ2v) is 4.94. The molecule has 1 heterocycles. The van der Waals surface area contributed by atoms with Crippen molar-refractivity contribution in [3.63, 3.8) is 0 Å². The highest BCUT2D eigenvalue weighted by Gasteiger charge is 2.20. The number of likely N-dealkylation sites (N-methyl/N-ethyl adjacent to an activating group) is 1. The summed E-state index contributed by atoms with van der Waals surface area (Å²) >= 11 is 0. The fourth-order valence-electron chi connectivity index (χ4n) is 2.39. The molecular formula is C15H22N2O2. The summed E-state index contributed by atoms with van der Waals surface area (Å²) < 4.78 is 5.23. The SMILES string of the molecule is CCN1CCC[C@@H](NC(=O)OCc2ccccc2)C1. The Hall–Kier alpha value is -1.55. The van der Waals surface area contributed by atoms with Crippen LogP contribution in [0.25, 0.3) is 0 Å². The first-order valence-electron chi connectivity index (χ1n) is 6.97. The molecule has 1 aliphatic heterocycles. The fraction of sp³-hybridized carbons (Fsp3) is 0.533. The maximum Gasteiger partial charge on any atom is 0.407 e. The van der Waals surface area contributed by atoms with E-state index in [-0.39, 0.29) is 12.1 Å². The highest BCUT2D eigenvalue weighted by Crippen LogP contribution is 2.10. The number of nitrogens with one attached hydrogen (secondary N) is 1. The molecule has 1 amide bonds. The number of likely N-dealkylation sites (tertiary alicyclic amines) is 1. The van der Waals surface area contributed by atoms with E-state index >= 15 is 0 Å². The normalized spacial score (nSPS) is 19.9. The van der Waals surface area contributed by atoms with Gasteiger partial charge in [0.15, 0.2) is 0 Å². The monoisotopic (exact) mass is 262 g/mol. The Morgan fingerprint density at radius 1 is 1.42 bits per heavy atom. The maximum atomic E-state index is 11.7. The highest BCUT2D eigenvalue weighted by molar-refractivity contribution is 5.67. The Balaban J connectivity index is 1.72. The Bertz CT molecular complexity index is 394. The molecule has 4 heteroatoms. The quantitative estimate of drug-likeness (QED) is 0.906. The van der Waals surface area contributed by atoms with E-state index in [1.807, 2.05) is 30.3 Å². The van der Waals surface area contributed by atoms with Gasteiger partial charge < -0.3 is 15.0 Å². The third kappa shape index (κ3) is 4.56. The van der Waals surface area contributed by atoms with Crippen LogP contribution in [-0.4, -0.2) is 36.7 Å². The maximum absolute atomic E-state index is 11.7. The molecule has 1 saturated heterocycles. The van der Waals surface area contributed by atoms with Crippen molar-refractivity contribution in [3.05, 3.63) is 35.9 Å². The molecule has 0 saturated carbocycles. The predicted molar refractivity (Wildman–Crippen MR) is 74.9 cm³/mol. The number of alkyl carbamates (subject to hydrolysis) is 1. The van der Waals surface area contributed by atoms with E-state index in [1.54, 1.807) is 0 Å². The van der Waals surface area contributed by atoms with Crippen LogP contribution in [0.3, 0.4) is 0 Å². The van der Waals surface area contributed by atoms with Gasteiger partial charge in [-0.2, -0.15) is 0 Å². The average Bonchev–Trinajstić information content (AvgIpc) is 2.46. The Labute approximate surface area is 114 Å². The van der Waals surface area contributed by atoms with E-state index in [1.165, 1.54) is 0 Å². The number of rotatable bonds is 4. The van der Waals surface area contributed by atoms with Crippen LogP contribution >= 0.6 is 0 Å². The van der Waals surface area contributed by atoms with Crippen molar-refractivity contribution >= 4 is 6.09 Å². The molecule has 19 heavy (non-hydrogen) atoms. The van der Waals surface area contributed by atoms with Gasteiger partial charge >= 0.3 is 6.09 Å². The van der Waals surface area contributed by atoms with Crippen LogP contribution in [0.1, 0.15) is 25.3 Å². The van der Waals surface area contributed by atoms with Crippen molar-refractivity contribution in [1.82, 2.24) is 10.2 Å². The number of carbonyl (C=O) groups is 1. The number of piperidine rings is 1. The summed E-state index contributed by atoms with van der Waals surface area (Å²) in [4.78, 5) is 14.1. The van der Waals surface area contributed by atoms with E-state index in [2.05, 4.69) is 17.1 Å². The molecule has 0 spiro atoms. The van der Waals surface area contributed by atoms with Crippen LogP contribution in [0.4, 0.5) is 4.79 Å². The number of nitrogens with zero attached hydrogens (tertiary/aromatic N) is 1. The first kappa shape index (κ1) is 13.9. The minimum atomic E-state index is -0.313. The molecule has 1 N–H and O–H groups in total. The summed E-state index contributed by atoms with van der Waals surface area (Å²) in [5.41, 5.74) is 1.01. The van der Waals surface area contributed by atoms with Crippen LogP contribution in [-0.2, 0) is 11.3 Å². The summed E-state index contributed by atoms with van der Waals surface area (Å²) in [6.07, 6.45) is 1.86. The average molecular weight is 262 g/mol. The zero-order valence-electron chi connectivity index (χ0n) is 11.5. The lowest BCUT2D eigenvalue weighted by Gasteiger charge is -2.31. The van der Waals surface area contributed by atoms with Crippen molar-refractivity contribution in [3.8, 4) is 0 Å². The molecule has 0 aliphatic carbocycles. The Morgan fingerprint density at radius 3 is 2.95 bits per heavy atom. The second kappa shape index (κ2) is 7.14. The lowest BCUT2D eigenvalue weighted by Crippen LogP contribution is -2.47. The van der Waals surface area contributed by atoms with Gasteiger partial charge in [-0.05, 0) is 31.5 Å². The van der Waals surface area contributed by atoms with Crippen molar-refractivity contribution in [1.29, 1.82) is 0 Å². The summed E-state index contributed by atoms with van der Waals surface area (Å²) in [5.74, 6) is 0. The summed E-state index contributed by atoms with van der Waals surface area (Å²) in [5, 5.41) is 2.95. The molecule has 104 valence electrons. The number of hydrogen-bond acceptors (Lipinski definition) is 3. The van der Waals surface area contributed by atoms with E-state index in [0.717, 1.165) is 38.0 Å². The van der Waals surface area contributed by atoms with Crippen LogP contribution in [0.15, 0.2) is 30.3 Å². The minimum Gasteiger partial charge on any atom is -0.445 e. The smallest absolute Gasteiger partial charge is 0.407 e. The van der Waals surface area contributed by atoms with Gasteiger partial charge in [0.25, 0.3) is 0 Å².